The Balaban J connectivity index is 9.33. The standard InChI is InChI=1S/C80H111F27N18O21/c81-72(82,83)49(128)5-2-31-109-51(130)9-20-68(19-7-47(126)4-1-33-117-61(140)74(87,88)89,21-10-52(131)110-32-3-6-50(129)73(84,85)86)46-48(127)8-22-69(108,23-11-59(138)124-70(25-13-53(132)111-34-40-118-62(141)75(90,91)92,26-14-54(133)112-35-41-119-63(142)76(93,94)95)27-15-55(134)113-36-42-120-64(143)77(96,97)98)24-12-60(139)125-71(28-16-56(135)114-37-43-121-65(144)78(99,100)101,29-17-57(136)115-38-44-122-66(145)79(102,103)104)30-18-58(137)116-39-45-123-67(146)80(105,106)107/h1-46,108H2,(H,109,130)(H,110,131)(H,111,132)(H,112,133)(H,113,134)(H,114,135)(H,115,136)(H,116,137)(H,117,140)(H,118,141)(H,119,142)(H,120,143)(H,121,144)(H,122,145)(H,123,146)(H,124,138)(H,125,139). The first-order chi connectivity index (χ1) is 67.0. The Morgan fingerprint density at radius 3 is 0.568 bits per heavy atom. The minimum absolute atomic E-state index is 0.543. The van der Waals surface area contributed by atoms with Gasteiger partial charge in [0.05, 0.1) is 0 Å². The third-order valence-corrected chi connectivity index (χ3v) is 21.2. The molecule has 0 rings (SSSR count). The summed E-state index contributed by atoms with van der Waals surface area (Å²) in [5.41, 5.74) is -1.81. The Kier molecular flexibility index (Phi) is 57.4. The van der Waals surface area contributed by atoms with Gasteiger partial charge in [-0.05, 0) is 102 Å². The summed E-state index contributed by atoms with van der Waals surface area (Å²) < 4.78 is 353. The van der Waals surface area contributed by atoms with Crippen LogP contribution in [0, 0.1) is 5.41 Å². The van der Waals surface area contributed by atoms with Crippen molar-refractivity contribution in [3.63, 3.8) is 0 Å². The summed E-state index contributed by atoms with van der Waals surface area (Å²) in [6, 6.07) is 0. The third kappa shape index (κ3) is 61.3. The van der Waals surface area contributed by atoms with Crippen LogP contribution in [0.5, 0.6) is 0 Å². The molecule has 17 amide bonds. The van der Waals surface area contributed by atoms with Crippen molar-refractivity contribution in [3.8, 4) is 0 Å². The summed E-state index contributed by atoms with van der Waals surface area (Å²) in [4.78, 5) is 272. The van der Waals surface area contributed by atoms with Gasteiger partial charge < -0.3 is 96.1 Å². The average molecular weight is 2170 g/mol. The van der Waals surface area contributed by atoms with Gasteiger partial charge in [0.15, 0.2) is 0 Å². The molecule has 0 bridgehead atoms. The zero-order valence-electron chi connectivity index (χ0n) is 77.4. The molecule has 0 aliphatic heterocycles. The largest absolute Gasteiger partial charge is 0.471 e. The molecule has 0 atom stereocenters. The lowest BCUT2D eigenvalue weighted by atomic mass is 9.70. The van der Waals surface area contributed by atoms with Crippen molar-refractivity contribution in [2.24, 2.45) is 11.1 Å². The maximum Gasteiger partial charge on any atom is 0.471 e. The van der Waals surface area contributed by atoms with Gasteiger partial charge in [-0.25, -0.2) is 0 Å². The summed E-state index contributed by atoms with van der Waals surface area (Å²) in [5.74, 6) is -36.0. The molecular formula is C80H111F27N18O21. The SMILES string of the molecule is NC(CCC(=O)CC(CCC(=O)CCCNC(=O)C(F)(F)F)(CCC(=O)NCCCC(=O)C(F)(F)F)CCC(=O)NCCCC(=O)C(F)(F)F)(CCC(=O)NC(CCC(=O)NCCNC(=O)C(F)(F)F)(CCC(=O)NCCNC(=O)C(F)(F)F)CCC(=O)NCCNC(=O)C(F)(F)F)CCC(=O)NC(CCC(=O)NCCNC(=O)C(F)(F)F)(CCC(=O)NCCNC(=O)C(F)(F)F)CCC(=O)NCCNC(=O)C(F)(F)F. The van der Waals surface area contributed by atoms with E-state index in [1.54, 1.807) is 0 Å². The lowest BCUT2D eigenvalue weighted by Gasteiger charge is -2.37. The van der Waals surface area contributed by atoms with Crippen LogP contribution >= 0.6 is 0 Å². The molecule has 0 aromatic rings. The Labute approximate surface area is 811 Å². The Bertz CT molecular complexity index is 3590. The van der Waals surface area contributed by atoms with Crippen molar-refractivity contribution in [1.29, 1.82) is 0 Å². The molecular weight excluding hydrogens is 2060 g/mol. The molecule has 19 N–H and O–H groups in total. The minimum Gasteiger partial charge on any atom is -0.356 e. The monoisotopic (exact) mass is 2170 g/mol. The molecule has 0 aliphatic rings. The number of Topliss-reactive ketones (excluding diaryl/α,β-unsaturated/α-hetero) is 4. The number of carbonyl (C=O) groups excluding carboxylic acids is 21. The summed E-state index contributed by atoms with van der Waals surface area (Å²) in [7, 11) is 0. The number of rotatable bonds is 70. The number of hydrogen-bond donors (Lipinski definition) is 18. The van der Waals surface area contributed by atoms with E-state index in [-0.39, 0.29) is 0 Å². The summed E-state index contributed by atoms with van der Waals surface area (Å²) >= 11 is 0. The Morgan fingerprint density at radius 1 is 0.171 bits per heavy atom. The minimum atomic E-state index is -5.47. The molecule has 0 saturated heterocycles. The number of halogens is 27. The number of ketones is 4. The normalized spacial score (nSPS) is 12.4. The number of amides is 17. The van der Waals surface area contributed by atoms with Crippen molar-refractivity contribution in [2.75, 3.05) is 98.2 Å². The van der Waals surface area contributed by atoms with E-state index in [0.717, 1.165) is 0 Å². The first-order valence-corrected chi connectivity index (χ1v) is 44.2. The van der Waals surface area contributed by atoms with Gasteiger partial charge in [0.2, 0.25) is 70.6 Å². The van der Waals surface area contributed by atoms with E-state index in [9.17, 15) is 205 Å². The maximum absolute atomic E-state index is 15.2. The number of carbonyl (C=O) groups is 21. The molecule has 146 heavy (non-hydrogen) atoms. The van der Waals surface area contributed by atoms with E-state index in [4.69, 9.17) is 5.73 Å². The van der Waals surface area contributed by atoms with Gasteiger partial charge in [0, 0.05) is 218 Å². The fourth-order valence-corrected chi connectivity index (χ4v) is 13.3. The molecule has 0 aliphatic carbocycles. The van der Waals surface area contributed by atoms with Gasteiger partial charge in [-0.15, -0.1) is 0 Å². The molecule has 0 spiro atoms. The lowest BCUT2D eigenvalue weighted by molar-refractivity contribution is -0.173. The Hall–Kier alpha value is -12.3. The summed E-state index contributed by atoms with van der Waals surface area (Å²) in [6.45, 7) is -12.8. The highest BCUT2D eigenvalue weighted by Crippen LogP contribution is 2.41. The van der Waals surface area contributed by atoms with Crippen LogP contribution in [0.4, 0.5) is 119 Å². The molecule has 0 heterocycles. The molecule has 836 valence electrons. The van der Waals surface area contributed by atoms with E-state index in [2.05, 4.69) is 53.2 Å². The Morgan fingerprint density at radius 2 is 0.342 bits per heavy atom. The molecule has 0 aromatic heterocycles. The second kappa shape index (κ2) is 62.7. The zero-order chi connectivity index (χ0) is 112. The van der Waals surface area contributed by atoms with Crippen LogP contribution in [0.2, 0.25) is 0 Å². The second-order valence-corrected chi connectivity index (χ2v) is 33.0. The first kappa shape index (κ1) is 134. The zero-order valence-corrected chi connectivity index (χ0v) is 77.4. The van der Waals surface area contributed by atoms with Gasteiger partial charge in [0.25, 0.3) is 0 Å². The highest BCUT2D eigenvalue weighted by Gasteiger charge is 2.47. The van der Waals surface area contributed by atoms with Crippen LogP contribution in [0.25, 0.3) is 0 Å². The number of hydrogen-bond acceptors (Lipinski definition) is 22. The van der Waals surface area contributed by atoms with Crippen molar-refractivity contribution < 1.29 is 219 Å². The first-order valence-electron chi connectivity index (χ1n) is 44.2. The van der Waals surface area contributed by atoms with Crippen LogP contribution in [-0.2, 0) is 101 Å². The highest BCUT2D eigenvalue weighted by molar-refractivity contribution is 5.89. The van der Waals surface area contributed by atoms with Crippen molar-refractivity contribution in [2.45, 2.75) is 271 Å². The quantitative estimate of drug-likeness (QED) is 0.0306. The van der Waals surface area contributed by atoms with Gasteiger partial charge in [-0.3, -0.25) is 101 Å². The fraction of sp³-hybridized carbons (Fsp3) is 0.738. The van der Waals surface area contributed by atoms with Crippen molar-refractivity contribution >= 4 is 124 Å². The molecule has 0 saturated carbocycles. The molecule has 0 fully saturated rings. The predicted molar refractivity (Wildman–Crippen MR) is 444 cm³/mol. The van der Waals surface area contributed by atoms with Crippen molar-refractivity contribution in [1.82, 2.24) is 90.4 Å². The molecule has 0 unspecified atom stereocenters. The maximum atomic E-state index is 15.2. The molecule has 0 aromatic carbocycles. The fourth-order valence-electron chi connectivity index (χ4n) is 13.3. The topological polar surface area (TPSA) is 589 Å². The van der Waals surface area contributed by atoms with Gasteiger partial charge in [-0.2, -0.15) is 119 Å². The third-order valence-electron chi connectivity index (χ3n) is 21.2. The molecule has 66 heteroatoms. The van der Waals surface area contributed by atoms with Crippen LogP contribution in [0.1, 0.15) is 199 Å². The smallest absolute Gasteiger partial charge is 0.356 e. The number of nitrogens with one attached hydrogen (secondary N) is 17. The van der Waals surface area contributed by atoms with E-state index >= 15 is 14.4 Å². The van der Waals surface area contributed by atoms with E-state index in [0.29, 0.717) is 0 Å². The average Bonchev–Trinajstić information content (AvgIpc) is 0.835. The summed E-state index contributed by atoms with van der Waals surface area (Å²) in [6.07, 6.45) is -76.5. The van der Waals surface area contributed by atoms with Gasteiger partial charge >= 0.3 is 96.9 Å². The van der Waals surface area contributed by atoms with E-state index in [1.165, 1.54) is 37.2 Å². The summed E-state index contributed by atoms with van der Waals surface area (Å²) in [5, 5.41) is 31.9. The van der Waals surface area contributed by atoms with Crippen molar-refractivity contribution in [3.05, 3.63) is 0 Å². The lowest BCUT2D eigenvalue weighted by Crippen LogP contribution is -2.52. The predicted octanol–water partition coefficient (Wildman–Crippen LogP) is 3.55. The van der Waals surface area contributed by atoms with Crippen LogP contribution in [-0.4, -0.2) is 294 Å². The van der Waals surface area contributed by atoms with E-state index < -0.39 is 498 Å². The number of alkyl halides is 27. The van der Waals surface area contributed by atoms with E-state index in [1.807, 2.05) is 0 Å². The van der Waals surface area contributed by atoms with Crippen LogP contribution in [0.15, 0.2) is 0 Å². The van der Waals surface area contributed by atoms with Gasteiger partial charge in [0.1, 0.15) is 11.6 Å². The van der Waals surface area contributed by atoms with Crippen LogP contribution < -0.4 is 96.1 Å². The highest BCUT2D eigenvalue weighted by atomic mass is 19.4. The molecule has 39 nitrogen and oxygen atoms in total. The molecule has 0 radical (unpaired) electrons. The second-order valence-electron chi connectivity index (χ2n) is 33.0. The number of nitrogens with two attached hydrogens (primary N) is 1. The van der Waals surface area contributed by atoms with Crippen LogP contribution in [0.3, 0.4) is 0 Å². The van der Waals surface area contributed by atoms with Gasteiger partial charge in [-0.1, -0.05) is 0 Å².